The van der Waals surface area contributed by atoms with Crippen molar-refractivity contribution in [3.8, 4) is 0 Å². The SMILES string of the molecule is C=CC/C(=C\PC/C=C\C)C(=O)Nc1cc(F)c(CC(=O)N(C)CCC)cc1Cl. The molecule has 2 amide bonds. The van der Waals surface area contributed by atoms with Gasteiger partial charge in [0.1, 0.15) is 5.82 Å². The van der Waals surface area contributed by atoms with E-state index < -0.39 is 5.82 Å². The normalized spacial score (nSPS) is 12.0. The van der Waals surface area contributed by atoms with Gasteiger partial charge in [0.05, 0.1) is 17.1 Å². The Morgan fingerprint density at radius 1 is 1.38 bits per heavy atom. The number of carbonyl (C=O) groups excluding carboxylic acids is 2. The standard InChI is InChI=1S/C22H29ClFN2O2P/c1-5-8-11-29-15-16(9-6-2)22(28)25-20-14-19(24)17(12-18(20)23)13-21(27)26(4)10-7-3/h5-6,8,12,14-15,29H,2,7,9-11,13H2,1,3-4H3,(H,25,28)/b8-5-,16-15+. The van der Waals surface area contributed by atoms with E-state index in [1.54, 1.807) is 18.0 Å². The third kappa shape index (κ3) is 8.51. The molecule has 1 N–H and O–H groups in total. The maximum atomic E-state index is 14.5. The zero-order chi connectivity index (χ0) is 21.8. The molecule has 0 heterocycles. The number of carbonyl (C=O) groups is 2. The summed E-state index contributed by atoms with van der Waals surface area (Å²) < 4.78 is 14.5. The summed E-state index contributed by atoms with van der Waals surface area (Å²) >= 11 is 6.24. The summed E-state index contributed by atoms with van der Waals surface area (Å²) in [5, 5.41) is 2.85. The van der Waals surface area contributed by atoms with Crippen LogP contribution in [0.4, 0.5) is 10.1 Å². The highest BCUT2D eigenvalue weighted by molar-refractivity contribution is 7.42. The van der Waals surface area contributed by atoms with E-state index in [1.165, 1.54) is 6.07 Å². The zero-order valence-corrected chi connectivity index (χ0v) is 19.0. The molecular formula is C22H29ClFN2O2P. The van der Waals surface area contributed by atoms with E-state index in [4.69, 9.17) is 11.6 Å². The van der Waals surface area contributed by atoms with Gasteiger partial charge < -0.3 is 10.2 Å². The lowest BCUT2D eigenvalue weighted by Crippen LogP contribution is -2.29. The summed E-state index contributed by atoms with van der Waals surface area (Å²) in [4.78, 5) is 26.3. The van der Waals surface area contributed by atoms with E-state index in [0.29, 0.717) is 27.1 Å². The molecule has 7 heteroatoms. The highest BCUT2D eigenvalue weighted by Crippen LogP contribution is 2.27. The van der Waals surface area contributed by atoms with Crippen LogP contribution < -0.4 is 5.32 Å². The quantitative estimate of drug-likeness (QED) is 0.213. The van der Waals surface area contributed by atoms with Crippen molar-refractivity contribution < 1.29 is 14.0 Å². The Hall–Kier alpha value is -1.97. The third-order valence-electron chi connectivity index (χ3n) is 4.11. The number of anilines is 1. The fraction of sp³-hybridized carbons (Fsp3) is 0.364. The number of likely N-dealkylation sites (N-methyl/N-ethyl adjacent to an activating group) is 1. The van der Waals surface area contributed by atoms with Crippen LogP contribution in [0.15, 0.2) is 48.3 Å². The Labute approximate surface area is 179 Å². The number of halogens is 2. The average Bonchev–Trinajstić information content (AvgIpc) is 2.68. The molecule has 0 spiro atoms. The van der Waals surface area contributed by atoms with Crippen molar-refractivity contribution in [3.63, 3.8) is 0 Å². The third-order valence-corrected chi connectivity index (χ3v) is 5.45. The number of rotatable bonds is 11. The summed E-state index contributed by atoms with van der Waals surface area (Å²) in [6.07, 6.45) is 7.65. The first kappa shape index (κ1) is 25.1. The molecule has 158 valence electrons. The van der Waals surface area contributed by atoms with E-state index >= 15 is 0 Å². The van der Waals surface area contributed by atoms with Gasteiger partial charge in [0.2, 0.25) is 5.91 Å². The van der Waals surface area contributed by atoms with Crippen LogP contribution in [0.1, 0.15) is 32.3 Å². The van der Waals surface area contributed by atoms with E-state index in [-0.39, 0.29) is 34.5 Å². The minimum atomic E-state index is -0.577. The Bertz CT molecular complexity index is 793. The summed E-state index contributed by atoms with van der Waals surface area (Å²) in [6.45, 7) is 8.20. The van der Waals surface area contributed by atoms with Gasteiger partial charge in [-0.05, 0) is 43.6 Å². The second-order valence-corrected chi connectivity index (χ2v) is 8.02. The predicted molar refractivity (Wildman–Crippen MR) is 123 cm³/mol. The predicted octanol–water partition coefficient (Wildman–Crippen LogP) is 5.54. The second-order valence-electron chi connectivity index (χ2n) is 6.51. The van der Waals surface area contributed by atoms with Crippen molar-refractivity contribution in [2.45, 2.75) is 33.1 Å². The second kappa shape index (κ2) is 13.3. The molecule has 0 bridgehead atoms. The first-order valence-corrected chi connectivity index (χ1v) is 11.2. The summed E-state index contributed by atoms with van der Waals surface area (Å²) in [6, 6.07) is 2.56. The lowest BCUT2D eigenvalue weighted by molar-refractivity contribution is -0.129. The van der Waals surface area contributed by atoms with Gasteiger partial charge in [0, 0.05) is 19.2 Å². The first-order valence-electron chi connectivity index (χ1n) is 9.51. The van der Waals surface area contributed by atoms with Crippen molar-refractivity contribution in [3.05, 3.63) is 64.7 Å². The van der Waals surface area contributed by atoms with Gasteiger partial charge in [-0.3, -0.25) is 9.59 Å². The Morgan fingerprint density at radius 2 is 2.10 bits per heavy atom. The molecule has 0 fully saturated rings. The highest BCUT2D eigenvalue weighted by atomic mass is 35.5. The van der Waals surface area contributed by atoms with E-state index in [2.05, 4.69) is 11.9 Å². The van der Waals surface area contributed by atoms with Crippen LogP contribution >= 0.6 is 20.2 Å². The molecule has 0 saturated heterocycles. The number of nitrogens with zero attached hydrogens (tertiary/aromatic N) is 1. The molecule has 0 radical (unpaired) electrons. The molecule has 1 rings (SSSR count). The number of benzene rings is 1. The van der Waals surface area contributed by atoms with Crippen molar-refractivity contribution in [1.29, 1.82) is 0 Å². The minimum absolute atomic E-state index is 0.0794. The monoisotopic (exact) mass is 438 g/mol. The Balaban J connectivity index is 2.93. The van der Waals surface area contributed by atoms with Gasteiger partial charge in [-0.2, -0.15) is 0 Å². The maximum Gasteiger partial charge on any atom is 0.251 e. The zero-order valence-electron chi connectivity index (χ0n) is 17.2. The Morgan fingerprint density at radius 3 is 2.72 bits per heavy atom. The smallest absolute Gasteiger partial charge is 0.251 e. The number of hydrogen-bond acceptors (Lipinski definition) is 2. The molecule has 4 nitrogen and oxygen atoms in total. The average molecular weight is 439 g/mol. The fourth-order valence-corrected chi connectivity index (χ4v) is 3.74. The van der Waals surface area contributed by atoms with Gasteiger partial charge in [0.25, 0.3) is 5.91 Å². The minimum Gasteiger partial charge on any atom is -0.345 e. The number of nitrogens with one attached hydrogen (secondary N) is 1. The van der Waals surface area contributed by atoms with E-state index in [1.807, 2.05) is 31.8 Å². The summed E-state index contributed by atoms with van der Waals surface area (Å²) in [5.74, 6) is 0.771. The summed E-state index contributed by atoms with van der Waals surface area (Å²) in [7, 11) is 2.15. The number of allylic oxidation sites excluding steroid dienone is 3. The number of amides is 2. The molecule has 1 aromatic carbocycles. The molecule has 1 aromatic rings. The molecule has 0 aromatic heterocycles. The molecule has 0 aliphatic heterocycles. The summed E-state index contributed by atoms with van der Waals surface area (Å²) in [5.41, 5.74) is 0.939. The van der Waals surface area contributed by atoms with Crippen molar-refractivity contribution in [2.75, 3.05) is 25.1 Å². The molecular weight excluding hydrogens is 410 g/mol. The molecule has 0 aliphatic carbocycles. The first-order chi connectivity index (χ1) is 13.8. The van der Waals surface area contributed by atoms with Crippen LogP contribution in [0.2, 0.25) is 5.02 Å². The van der Waals surface area contributed by atoms with Gasteiger partial charge in [-0.15, -0.1) is 6.58 Å². The number of hydrogen-bond donors (Lipinski definition) is 1. The van der Waals surface area contributed by atoms with Gasteiger partial charge >= 0.3 is 0 Å². The van der Waals surface area contributed by atoms with Crippen LogP contribution in [-0.2, 0) is 16.0 Å². The molecule has 29 heavy (non-hydrogen) atoms. The topological polar surface area (TPSA) is 49.4 Å². The van der Waals surface area contributed by atoms with Crippen LogP contribution in [0.5, 0.6) is 0 Å². The van der Waals surface area contributed by atoms with Gasteiger partial charge in [-0.25, -0.2) is 4.39 Å². The van der Waals surface area contributed by atoms with Crippen molar-refractivity contribution in [2.24, 2.45) is 0 Å². The van der Waals surface area contributed by atoms with Crippen molar-refractivity contribution >= 4 is 37.7 Å². The highest BCUT2D eigenvalue weighted by Gasteiger charge is 2.17. The van der Waals surface area contributed by atoms with Gasteiger partial charge in [0.15, 0.2) is 0 Å². The van der Waals surface area contributed by atoms with Crippen molar-refractivity contribution in [1.82, 2.24) is 4.90 Å². The maximum absolute atomic E-state index is 14.5. The fourth-order valence-electron chi connectivity index (χ4n) is 2.52. The molecule has 0 aliphatic rings. The molecule has 1 unspecified atom stereocenters. The molecule has 1 atom stereocenters. The van der Waals surface area contributed by atoms with Crippen LogP contribution in [0.25, 0.3) is 0 Å². The molecule has 0 saturated carbocycles. The largest absolute Gasteiger partial charge is 0.345 e. The van der Waals surface area contributed by atoms with E-state index in [9.17, 15) is 14.0 Å². The van der Waals surface area contributed by atoms with Crippen LogP contribution in [0.3, 0.4) is 0 Å². The lowest BCUT2D eigenvalue weighted by Gasteiger charge is -2.17. The van der Waals surface area contributed by atoms with Gasteiger partial charge in [-0.1, -0.05) is 51.2 Å². The van der Waals surface area contributed by atoms with Crippen LogP contribution in [-0.4, -0.2) is 36.5 Å². The lowest BCUT2D eigenvalue weighted by atomic mass is 10.1. The Kier molecular flexibility index (Phi) is 11.5. The van der Waals surface area contributed by atoms with E-state index in [0.717, 1.165) is 18.6 Å². The van der Waals surface area contributed by atoms with Crippen LogP contribution in [0, 0.1) is 5.82 Å².